The van der Waals surface area contributed by atoms with Gasteiger partial charge in [0, 0.05) is 12.7 Å². The monoisotopic (exact) mass is 320 g/mol. The molecule has 0 aliphatic heterocycles. The number of hydrogen-bond donors (Lipinski definition) is 2. The number of nitrogens with zero attached hydrogens (tertiary/aromatic N) is 2. The molecule has 1 heterocycles. The van der Waals surface area contributed by atoms with Crippen LogP contribution >= 0.6 is 11.8 Å². The van der Waals surface area contributed by atoms with Crippen molar-refractivity contribution in [3.05, 3.63) is 47.3 Å². The fraction of sp³-hybridized carbons (Fsp3) is 0.375. The highest BCUT2D eigenvalue weighted by Crippen LogP contribution is 2.26. The van der Waals surface area contributed by atoms with E-state index in [1.54, 1.807) is 6.20 Å². The van der Waals surface area contributed by atoms with Gasteiger partial charge in [-0.3, -0.25) is 4.79 Å². The lowest BCUT2D eigenvalue weighted by Crippen LogP contribution is -2.16. The van der Waals surface area contributed by atoms with E-state index in [9.17, 15) is 15.0 Å². The lowest BCUT2D eigenvalue weighted by molar-refractivity contribution is -0.136. The molecule has 1 aromatic heterocycles. The molecule has 0 aliphatic carbocycles. The molecule has 2 aromatic rings. The maximum Gasteiger partial charge on any atom is 0.317 e. The van der Waals surface area contributed by atoms with Crippen LogP contribution in [0.25, 0.3) is 0 Å². The van der Waals surface area contributed by atoms with Gasteiger partial charge in [0.25, 0.3) is 0 Å². The first-order valence-electron chi connectivity index (χ1n) is 7.15. The lowest BCUT2D eigenvalue weighted by atomic mass is 10.1. The van der Waals surface area contributed by atoms with Gasteiger partial charge in [0.05, 0.1) is 12.3 Å². The van der Waals surface area contributed by atoms with Crippen molar-refractivity contribution in [2.24, 2.45) is 0 Å². The van der Waals surface area contributed by atoms with Crippen molar-refractivity contribution < 1.29 is 15.0 Å². The SMILES string of the molecule is CC[C@H](Sc1nc(CO)cn1Cc1ccc(C)cc1)C(=O)O. The van der Waals surface area contributed by atoms with Crippen molar-refractivity contribution in [2.75, 3.05) is 0 Å². The Hall–Kier alpha value is -1.79. The van der Waals surface area contributed by atoms with Crippen LogP contribution in [0.5, 0.6) is 0 Å². The fourth-order valence-corrected chi connectivity index (χ4v) is 3.00. The van der Waals surface area contributed by atoms with E-state index in [0.29, 0.717) is 23.8 Å². The third kappa shape index (κ3) is 4.11. The highest BCUT2D eigenvalue weighted by atomic mass is 32.2. The number of aliphatic hydroxyl groups is 1. The second kappa shape index (κ2) is 7.47. The van der Waals surface area contributed by atoms with Crippen LogP contribution in [-0.4, -0.2) is 31.0 Å². The standard InChI is InChI=1S/C16H20N2O3S/c1-3-14(15(20)21)22-16-17-13(10-19)9-18(16)8-12-6-4-11(2)5-7-12/h4-7,9,14,19H,3,8,10H2,1-2H3,(H,20,21)/t14-/m0/s1. The molecule has 0 saturated heterocycles. The summed E-state index contributed by atoms with van der Waals surface area (Å²) in [6, 6.07) is 8.16. The molecule has 22 heavy (non-hydrogen) atoms. The molecule has 0 aliphatic rings. The van der Waals surface area contributed by atoms with E-state index in [1.165, 1.54) is 17.3 Å². The third-order valence-electron chi connectivity index (χ3n) is 3.32. The van der Waals surface area contributed by atoms with Crippen LogP contribution in [0, 0.1) is 6.92 Å². The van der Waals surface area contributed by atoms with E-state index >= 15 is 0 Å². The molecule has 1 aromatic carbocycles. The maximum absolute atomic E-state index is 11.2. The van der Waals surface area contributed by atoms with Crippen molar-refractivity contribution in [3.8, 4) is 0 Å². The predicted molar refractivity (Wildman–Crippen MR) is 86.0 cm³/mol. The minimum atomic E-state index is -0.845. The van der Waals surface area contributed by atoms with Crippen LogP contribution in [0.2, 0.25) is 0 Å². The Kier molecular flexibility index (Phi) is 5.63. The maximum atomic E-state index is 11.2. The van der Waals surface area contributed by atoms with Crippen LogP contribution in [0.1, 0.15) is 30.2 Å². The molecule has 0 saturated carbocycles. The van der Waals surface area contributed by atoms with Crippen molar-refractivity contribution in [1.29, 1.82) is 0 Å². The third-order valence-corrected chi connectivity index (χ3v) is 4.68. The first-order chi connectivity index (χ1) is 10.5. The summed E-state index contributed by atoms with van der Waals surface area (Å²) in [6.45, 7) is 4.32. The number of hydrogen-bond acceptors (Lipinski definition) is 4. The van der Waals surface area contributed by atoms with Crippen molar-refractivity contribution in [3.63, 3.8) is 0 Å². The Morgan fingerprint density at radius 3 is 2.59 bits per heavy atom. The molecule has 118 valence electrons. The van der Waals surface area contributed by atoms with E-state index in [2.05, 4.69) is 4.98 Å². The van der Waals surface area contributed by atoms with Gasteiger partial charge in [-0.1, -0.05) is 48.5 Å². The number of benzene rings is 1. The van der Waals surface area contributed by atoms with E-state index in [4.69, 9.17) is 0 Å². The highest BCUT2D eigenvalue weighted by molar-refractivity contribution is 8.00. The smallest absolute Gasteiger partial charge is 0.317 e. The summed E-state index contributed by atoms with van der Waals surface area (Å²) in [4.78, 5) is 15.5. The van der Waals surface area contributed by atoms with Gasteiger partial charge in [0.1, 0.15) is 5.25 Å². The molecule has 0 bridgehead atoms. The molecule has 0 unspecified atom stereocenters. The zero-order valence-electron chi connectivity index (χ0n) is 12.7. The average Bonchev–Trinajstić information content (AvgIpc) is 2.88. The normalized spacial score (nSPS) is 12.3. The molecule has 6 heteroatoms. The summed E-state index contributed by atoms with van der Waals surface area (Å²) < 4.78 is 1.90. The van der Waals surface area contributed by atoms with Gasteiger partial charge >= 0.3 is 5.97 Å². The zero-order valence-corrected chi connectivity index (χ0v) is 13.5. The Morgan fingerprint density at radius 2 is 2.05 bits per heavy atom. The number of carboxylic acids is 1. The molecular formula is C16H20N2O3S. The summed E-state index contributed by atoms with van der Waals surface area (Å²) in [5.41, 5.74) is 2.85. The Balaban J connectivity index is 2.24. The number of aliphatic carboxylic acids is 1. The van der Waals surface area contributed by atoms with Gasteiger partial charge in [0.2, 0.25) is 0 Å². The quantitative estimate of drug-likeness (QED) is 0.767. The van der Waals surface area contributed by atoms with Gasteiger partial charge in [-0.05, 0) is 18.9 Å². The lowest BCUT2D eigenvalue weighted by Gasteiger charge is -2.11. The van der Waals surface area contributed by atoms with Gasteiger partial charge in [0.15, 0.2) is 5.16 Å². The van der Waals surface area contributed by atoms with Gasteiger partial charge in [-0.2, -0.15) is 0 Å². The number of carboxylic acid groups (broad SMARTS) is 1. The number of aryl methyl sites for hydroxylation is 1. The average molecular weight is 320 g/mol. The van der Waals surface area contributed by atoms with Gasteiger partial charge in [-0.25, -0.2) is 4.98 Å². The largest absolute Gasteiger partial charge is 0.480 e. The van der Waals surface area contributed by atoms with E-state index < -0.39 is 11.2 Å². The predicted octanol–water partition coefficient (Wildman–Crippen LogP) is 2.69. The fourth-order valence-electron chi connectivity index (χ4n) is 2.06. The van der Waals surface area contributed by atoms with E-state index in [1.807, 2.05) is 42.7 Å². The second-order valence-corrected chi connectivity index (χ2v) is 6.31. The summed E-state index contributed by atoms with van der Waals surface area (Å²) >= 11 is 1.22. The number of rotatable bonds is 7. The molecular weight excluding hydrogens is 300 g/mol. The van der Waals surface area contributed by atoms with E-state index in [-0.39, 0.29) is 6.61 Å². The minimum absolute atomic E-state index is 0.154. The Bertz CT molecular complexity index is 637. The number of aliphatic hydroxyl groups excluding tert-OH is 1. The minimum Gasteiger partial charge on any atom is -0.480 e. The van der Waals surface area contributed by atoms with Crippen LogP contribution in [0.3, 0.4) is 0 Å². The molecule has 2 N–H and O–H groups in total. The first-order valence-corrected chi connectivity index (χ1v) is 8.03. The topological polar surface area (TPSA) is 75.4 Å². The molecule has 0 spiro atoms. The number of carbonyl (C=O) groups is 1. The van der Waals surface area contributed by atoms with Crippen molar-refractivity contribution in [2.45, 2.75) is 43.8 Å². The number of thioether (sulfide) groups is 1. The molecule has 1 atom stereocenters. The molecule has 0 amide bonds. The van der Waals surface area contributed by atoms with Crippen LogP contribution in [-0.2, 0) is 17.9 Å². The summed E-state index contributed by atoms with van der Waals surface area (Å²) in [5, 5.41) is 18.6. The molecule has 0 radical (unpaired) electrons. The summed E-state index contributed by atoms with van der Waals surface area (Å²) in [5.74, 6) is -0.845. The number of aromatic nitrogens is 2. The summed E-state index contributed by atoms with van der Waals surface area (Å²) in [6.07, 6.45) is 2.29. The molecule has 0 fully saturated rings. The molecule has 5 nitrogen and oxygen atoms in total. The van der Waals surface area contributed by atoms with Gasteiger partial charge < -0.3 is 14.8 Å². The van der Waals surface area contributed by atoms with E-state index in [0.717, 1.165) is 5.56 Å². The van der Waals surface area contributed by atoms with Gasteiger partial charge in [-0.15, -0.1) is 0 Å². The Morgan fingerprint density at radius 1 is 1.36 bits per heavy atom. The van der Waals surface area contributed by atoms with Crippen molar-refractivity contribution >= 4 is 17.7 Å². The highest BCUT2D eigenvalue weighted by Gasteiger charge is 2.20. The van der Waals surface area contributed by atoms with Crippen LogP contribution in [0.4, 0.5) is 0 Å². The first kappa shape index (κ1) is 16.6. The van der Waals surface area contributed by atoms with Crippen LogP contribution < -0.4 is 0 Å². The second-order valence-electron chi connectivity index (χ2n) is 5.14. The Labute approximate surface area is 134 Å². The summed E-state index contributed by atoms with van der Waals surface area (Å²) in [7, 11) is 0. The molecule has 2 rings (SSSR count). The van der Waals surface area contributed by atoms with Crippen LogP contribution in [0.15, 0.2) is 35.6 Å². The van der Waals surface area contributed by atoms with Crippen molar-refractivity contribution in [1.82, 2.24) is 9.55 Å². The number of imidazole rings is 1. The zero-order chi connectivity index (χ0) is 16.1.